The van der Waals surface area contributed by atoms with Gasteiger partial charge in [-0.3, -0.25) is 9.59 Å². The van der Waals surface area contributed by atoms with Crippen LogP contribution >= 0.6 is 0 Å². The third kappa shape index (κ3) is 4.97. The maximum absolute atomic E-state index is 12.5. The van der Waals surface area contributed by atoms with Crippen molar-refractivity contribution in [3.63, 3.8) is 0 Å². The Bertz CT molecular complexity index is 825. The number of nitrogens with zero attached hydrogens (tertiary/aromatic N) is 1. The predicted octanol–water partition coefficient (Wildman–Crippen LogP) is 2.89. The van der Waals surface area contributed by atoms with Crippen LogP contribution in [0, 0.1) is 5.92 Å². The average Bonchev–Trinajstić information content (AvgIpc) is 2.74. The molecule has 0 radical (unpaired) electrons. The smallest absolute Gasteiger partial charge is 0.337 e. The van der Waals surface area contributed by atoms with E-state index in [0.717, 1.165) is 5.56 Å². The number of benzene rings is 2. The van der Waals surface area contributed by atoms with Crippen molar-refractivity contribution in [2.75, 3.05) is 25.5 Å². The highest BCUT2D eigenvalue weighted by molar-refractivity contribution is 5.94. The Morgan fingerprint density at radius 1 is 1.00 bits per heavy atom. The summed E-state index contributed by atoms with van der Waals surface area (Å²) in [6.45, 7) is 1.18. The Kier molecular flexibility index (Phi) is 6.42. The van der Waals surface area contributed by atoms with Crippen molar-refractivity contribution < 1.29 is 19.1 Å². The monoisotopic (exact) mass is 380 g/mol. The predicted molar refractivity (Wildman–Crippen MR) is 106 cm³/mol. The fraction of sp³-hybridized carbons (Fsp3) is 0.318. The molecule has 2 aromatic rings. The van der Waals surface area contributed by atoms with Crippen LogP contribution in [0.25, 0.3) is 0 Å². The van der Waals surface area contributed by atoms with Crippen molar-refractivity contribution in [1.29, 1.82) is 0 Å². The number of carbonyl (C=O) groups excluding carboxylic acids is 3. The lowest BCUT2D eigenvalue weighted by molar-refractivity contribution is -0.133. The maximum Gasteiger partial charge on any atom is 0.337 e. The highest BCUT2D eigenvalue weighted by Gasteiger charge is 2.27. The number of hydrogen-bond acceptors (Lipinski definition) is 4. The molecule has 2 amide bonds. The molecule has 1 aliphatic rings. The largest absolute Gasteiger partial charge is 0.465 e. The summed E-state index contributed by atoms with van der Waals surface area (Å²) < 4.78 is 4.66. The molecule has 0 aliphatic carbocycles. The van der Waals surface area contributed by atoms with Crippen LogP contribution in [-0.2, 0) is 20.7 Å². The van der Waals surface area contributed by atoms with Crippen LogP contribution in [0.2, 0.25) is 0 Å². The summed E-state index contributed by atoms with van der Waals surface area (Å²) in [6, 6.07) is 16.3. The van der Waals surface area contributed by atoms with E-state index >= 15 is 0 Å². The molecule has 2 aromatic carbocycles. The van der Waals surface area contributed by atoms with Crippen LogP contribution in [0.4, 0.5) is 5.69 Å². The Hall–Kier alpha value is -3.15. The van der Waals surface area contributed by atoms with Gasteiger partial charge in [0.15, 0.2) is 0 Å². The number of nitrogens with one attached hydrogen (secondary N) is 1. The lowest BCUT2D eigenvalue weighted by Gasteiger charge is -2.31. The number of rotatable bonds is 5. The van der Waals surface area contributed by atoms with Gasteiger partial charge >= 0.3 is 5.97 Å². The van der Waals surface area contributed by atoms with Crippen LogP contribution in [-0.4, -0.2) is 42.9 Å². The van der Waals surface area contributed by atoms with Crippen LogP contribution in [0.5, 0.6) is 0 Å². The first kappa shape index (κ1) is 19.6. The maximum atomic E-state index is 12.5. The van der Waals surface area contributed by atoms with E-state index in [2.05, 4.69) is 10.1 Å². The number of amides is 2. The van der Waals surface area contributed by atoms with Gasteiger partial charge in [-0.15, -0.1) is 0 Å². The van der Waals surface area contributed by atoms with Gasteiger partial charge < -0.3 is 15.0 Å². The van der Waals surface area contributed by atoms with Crippen molar-refractivity contribution in [3.05, 3.63) is 65.7 Å². The molecule has 3 rings (SSSR count). The molecule has 0 unspecified atom stereocenters. The molecule has 0 saturated carbocycles. The molecule has 1 aliphatic heterocycles. The molecular weight excluding hydrogens is 356 g/mol. The first-order valence-electron chi connectivity index (χ1n) is 9.38. The molecule has 0 spiro atoms. The standard InChI is InChI=1S/C22H24N2O4/c1-28-22(27)18-7-9-19(10-8-18)23-21(26)17-11-13-24(14-12-17)20(25)15-16-5-3-2-4-6-16/h2-10,17H,11-15H2,1H3,(H,23,26). The minimum atomic E-state index is -0.412. The van der Waals surface area contributed by atoms with Crippen molar-refractivity contribution >= 4 is 23.5 Å². The first-order valence-corrected chi connectivity index (χ1v) is 9.38. The lowest BCUT2D eigenvalue weighted by atomic mass is 9.95. The summed E-state index contributed by atoms with van der Waals surface area (Å²) in [4.78, 5) is 38.2. The number of ether oxygens (including phenoxy) is 1. The number of hydrogen-bond donors (Lipinski definition) is 1. The molecular formula is C22H24N2O4. The molecule has 1 saturated heterocycles. The first-order chi connectivity index (χ1) is 13.6. The summed E-state index contributed by atoms with van der Waals surface area (Å²) in [5.74, 6) is -0.490. The SMILES string of the molecule is COC(=O)c1ccc(NC(=O)C2CCN(C(=O)Cc3ccccc3)CC2)cc1. The van der Waals surface area contributed by atoms with E-state index in [0.29, 0.717) is 43.6 Å². The van der Waals surface area contributed by atoms with Gasteiger partial charge in [-0.2, -0.15) is 0 Å². The van der Waals surface area contributed by atoms with Crippen molar-refractivity contribution in [2.24, 2.45) is 5.92 Å². The number of methoxy groups -OCH3 is 1. The van der Waals surface area contributed by atoms with E-state index in [-0.39, 0.29) is 17.7 Å². The van der Waals surface area contributed by atoms with Crippen molar-refractivity contribution in [1.82, 2.24) is 4.90 Å². The zero-order chi connectivity index (χ0) is 19.9. The third-order valence-corrected chi connectivity index (χ3v) is 4.99. The second kappa shape index (κ2) is 9.17. The van der Waals surface area contributed by atoms with Gasteiger partial charge in [0.25, 0.3) is 0 Å². The number of anilines is 1. The van der Waals surface area contributed by atoms with E-state index < -0.39 is 5.97 Å². The Morgan fingerprint density at radius 2 is 1.64 bits per heavy atom. The van der Waals surface area contributed by atoms with E-state index in [9.17, 15) is 14.4 Å². The molecule has 6 heteroatoms. The van der Waals surface area contributed by atoms with E-state index in [1.54, 1.807) is 24.3 Å². The Labute approximate surface area is 164 Å². The summed E-state index contributed by atoms with van der Waals surface area (Å²) in [5, 5.41) is 2.89. The number of piperidine rings is 1. The third-order valence-electron chi connectivity index (χ3n) is 4.99. The van der Waals surface area contributed by atoms with Crippen LogP contribution < -0.4 is 5.32 Å². The second-order valence-corrected chi connectivity index (χ2v) is 6.88. The molecule has 28 heavy (non-hydrogen) atoms. The van der Waals surface area contributed by atoms with Gasteiger partial charge in [0, 0.05) is 24.7 Å². The highest BCUT2D eigenvalue weighted by atomic mass is 16.5. The molecule has 1 heterocycles. The molecule has 6 nitrogen and oxygen atoms in total. The quantitative estimate of drug-likeness (QED) is 0.810. The summed E-state index contributed by atoms with van der Waals surface area (Å²) in [6.07, 6.45) is 1.68. The van der Waals surface area contributed by atoms with Gasteiger partial charge in [-0.05, 0) is 42.7 Å². The molecule has 0 aromatic heterocycles. The summed E-state index contributed by atoms with van der Waals surface area (Å²) >= 11 is 0. The number of likely N-dealkylation sites (tertiary alicyclic amines) is 1. The zero-order valence-electron chi connectivity index (χ0n) is 15.9. The Balaban J connectivity index is 1.48. The van der Waals surface area contributed by atoms with Crippen molar-refractivity contribution in [3.8, 4) is 0 Å². The number of esters is 1. The fourth-order valence-electron chi connectivity index (χ4n) is 3.33. The summed E-state index contributed by atoms with van der Waals surface area (Å²) in [5.41, 5.74) is 2.08. The van der Waals surface area contributed by atoms with E-state index in [1.807, 2.05) is 35.2 Å². The lowest BCUT2D eigenvalue weighted by Crippen LogP contribution is -2.42. The number of carbonyl (C=O) groups is 3. The minimum Gasteiger partial charge on any atom is -0.465 e. The van der Waals surface area contributed by atoms with Crippen molar-refractivity contribution in [2.45, 2.75) is 19.3 Å². The van der Waals surface area contributed by atoms with Gasteiger partial charge in [0.2, 0.25) is 11.8 Å². The normalized spacial score (nSPS) is 14.4. The average molecular weight is 380 g/mol. The van der Waals surface area contributed by atoms with Gasteiger partial charge in [-0.1, -0.05) is 30.3 Å². The second-order valence-electron chi connectivity index (χ2n) is 6.88. The van der Waals surface area contributed by atoms with Crippen LogP contribution in [0.3, 0.4) is 0 Å². The summed E-state index contributed by atoms with van der Waals surface area (Å²) in [7, 11) is 1.33. The highest BCUT2D eigenvalue weighted by Crippen LogP contribution is 2.21. The van der Waals surface area contributed by atoms with E-state index in [1.165, 1.54) is 7.11 Å². The van der Waals surface area contributed by atoms with E-state index in [4.69, 9.17) is 0 Å². The fourth-order valence-corrected chi connectivity index (χ4v) is 3.33. The topological polar surface area (TPSA) is 75.7 Å². The molecule has 1 N–H and O–H groups in total. The minimum absolute atomic E-state index is 0.0547. The molecule has 0 atom stereocenters. The van der Waals surface area contributed by atoms with Crippen LogP contribution in [0.1, 0.15) is 28.8 Å². The molecule has 0 bridgehead atoms. The molecule has 146 valence electrons. The Morgan fingerprint density at radius 3 is 2.25 bits per heavy atom. The molecule has 1 fully saturated rings. The van der Waals surface area contributed by atoms with Gasteiger partial charge in [-0.25, -0.2) is 4.79 Å². The van der Waals surface area contributed by atoms with Gasteiger partial charge in [0.1, 0.15) is 0 Å². The van der Waals surface area contributed by atoms with Gasteiger partial charge in [0.05, 0.1) is 19.1 Å². The van der Waals surface area contributed by atoms with Crippen LogP contribution in [0.15, 0.2) is 54.6 Å². The zero-order valence-corrected chi connectivity index (χ0v) is 15.9.